The number of nitrogens with two attached hydrogens (primary N) is 1. The lowest BCUT2D eigenvalue weighted by molar-refractivity contribution is -0.142. The summed E-state index contributed by atoms with van der Waals surface area (Å²) < 4.78 is 78.9. The summed E-state index contributed by atoms with van der Waals surface area (Å²) in [7, 11) is 1.59. The van der Waals surface area contributed by atoms with Gasteiger partial charge < -0.3 is 15.7 Å². The van der Waals surface area contributed by atoms with E-state index in [4.69, 9.17) is 5.73 Å². The van der Waals surface area contributed by atoms with Crippen molar-refractivity contribution in [1.82, 2.24) is 9.88 Å². The molecule has 0 saturated heterocycles. The van der Waals surface area contributed by atoms with Crippen LogP contribution in [0.25, 0.3) is 10.9 Å². The number of hydrogen-bond acceptors (Lipinski definition) is 4. The zero-order chi connectivity index (χ0) is 19.7. The van der Waals surface area contributed by atoms with Crippen LogP contribution in [0.1, 0.15) is 22.9 Å². The first-order chi connectivity index (χ1) is 11.9. The van der Waals surface area contributed by atoms with E-state index in [0.717, 1.165) is 6.07 Å². The minimum atomic E-state index is -4.95. The van der Waals surface area contributed by atoms with Gasteiger partial charge in [-0.15, -0.1) is 0 Å². The molecule has 1 atom stereocenters. The molecule has 4 nitrogen and oxygen atoms in total. The fraction of sp³-hybridized carbons (Fsp3) is 0.438. The summed E-state index contributed by atoms with van der Waals surface area (Å²) in [6, 6.07) is 3.52. The molecule has 0 saturated carbocycles. The first-order valence-electron chi connectivity index (χ1n) is 7.60. The lowest BCUT2D eigenvalue weighted by Crippen LogP contribution is -2.30. The monoisotopic (exact) mass is 381 g/mol. The number of fused-ring (bicyclic) bond motifs is 1. The van der Waals surface area contributed by atoms with Crippen LogP contribution in [0.4, 0.5) is 26.3 Å². The molecule has 0 fully saturated rings. The minimum Gasteiger partial charge on any atom is -0.387 e. The highest BCUT2D eigenvalue weighted by atomic mass is 19.4. The molecule has 10 heteroatoms. The molecule has 3 N–H and O–H groups in total. The van der Waals surface area contributed by atoms with Crippen molar-refractivity contribution in [2.45, 2.75) is 18.5 Å². The lowest BCUT2D eigenvalue weighted by Gasteiger charge is -2.22. The van der Waals surface area contributed by atoms with Gasteiger partial charge in [0.1, 0.15) is 5.69 Å². The molecule has 144 valence electrons. The van der Waals surface area contributed by atoms with Crippen LogP contribution < -0.4 is 5.73 Å². The van der Waals surface area contributed by atoms with Gasteiger partial charge in [0.05, 0.1) is 17.2 Å². The Morgan fingerprint density at radius 1 is 1.15 bits per heavy atom. The third-order valence-corrected chi connectivity index (χ3v) is 3.82. The molecule has 1 heterocycles. The SMILES string of the molecule is CN(CCN)CC(O)c1cc(C(F)(F)F)nc2c(C(F)(F)F)cccc12. The van der Waals surface area contributed by atoms with Crippen LogP contribution in [0.3, 0.4) is 0 Å². The number of alkyl halides is 6. The highest BCUT2D eigenvalue weighted by Gasteiger charge is 2.38. The maximum Gasteiger partial charge on any atom is 0.433 e. The van der Waals surface area contributed by atoms with Crippen LogP contribution >= 0.6 is 0 Å². The molecular formula is C16H17F6N3O. The maximum atomic E-state index is 13.2. The second kappa shape index (κ2) is 7.37. The van der Waals surface area contributed by atoms with E-state index in [1.807, 2.05) is 0 Å². The van der Waals surface area contributed by atoms with Crippen LogP contribution in [0.5, 0.6) is 0 Å². The molecule has 0 aliphatic carbocycles. The average Bonchev–Trinajstić information content (AvgIpc) is 2.51. The molecule has 2 rings (SSSR count). The number of para-hydroxylation sites is 1. The van der Waals surface area contributed by atoms with Gasteiger partial charge >= 0.3 is 12.4 Å². The van der Waals surface area contributed by atoms with E-state index in [2.05, 4.69) is 4.98 Å². The Balaban J connectivity index is 2.68. The smallest absolute Gasteiger partial charge is 0.387 e. The summed E-state index contributed by atoms with van der Waals surface area (Å²) in [5.74, 6) is 0. The van der Waals surface area contributed by atoms with Crippen LogP contribution in [0, 0.1) is 0 Å². The Kier molecular flexibility index (Phi) is 5.79. The molecule has 0 spiro atoms. The van der Waals surface area contributed by atoms with Crippen LogP contribution in [0.15, 0.2) is 24.3 Å². The molecule has 1 aromatic carbocycles. The first kappa shape index (κ1) is 20.4. The molecule has 26 heavy (non-hydrogen) atoms. The summed E-state index contributed by atoms with van der Waals surface area (Å²) in [4.78, 5) is 4.75. The number of halogens is 6. The number of aliphatic hydroxyl groups excluding tert-OH is 1. The van der Waals surface area contributed by atoms with E-state index in [0.29, 0.717) is 18.7 Å². The Labute approximate surface area is 145 Å². The van der Waals surface area contributed by atoms with E-state index in [1.165, 1.54) is 6.07 Å². The molecular weight excluding hydrogens is 364 g/mol. The average molecular weight is 381 g/mol. The van der Waals surface area contributed by atoms with Crippen LogP contribution in [-0.4, -0.2) is 41.7 Å². The zero-order valence-corrected chi connectivity index (χ0v) is 13.7. The van der Waals surface area contributed by atoms with Gasteiger partial charge in [0.25, 0.3) is 0 Å². The highest BCUT2D eigenvalue weighted by Crippen LogP contribution is 2.38. The Hall–Kier alpha value is -1.91. The molecule has 0 radical (unpaired) electrons. The van der Waals surface area contributed by atoms with Crippen molar-refractivity contribution >= 4 is 10.9 Å². The van der Waals surface area contributed by atoms with E-state index in [1.54, 1.807) is 11.9 Å². The lowest BCUT2D eigenvalue weighted by atomic mass is 9.99. The summed E-state index contributed by atoms with van der Waals surface area (Å²) in [5.41, 5.74) is 1.49. The fourth-order valence-electron chi connectivity index (χ4n) is 2.63. The third kappa shape index (κ3) is 4.43. The van der Waals surface area contributed by atoms with Gasteiger partial charge in [0.2, 0.25) is 0 Å². The van der Waals surface area contributed by atoms with E-state index in [-0.39, 0.29) is 24.0 Å². The summed E-state index contributed by atoms with van der Waals surface area (Å²) >= 11 is 0. The normalized spacial score (nSPS) is 14.2. The minimum absolute atomic E-state index is 0.0934. The maximum absolute atomic E-state index is 13.2. The van der Waals surface area contributed by atoms with E-state index in [9.17, 15) is 31.4 Å². The molecule has 2 aromatic rings. The van der Waals surface area contributed by atoms with Gasteiger partial charge in [-0.1, -0.05) is 12.1 Å². The number of hydrogen-bond donors (Lipinski definition) is 2. The number of aliphatic hydroxyl groups is 1. The summed E-state index contributed by atoms with van der Waals surface area (Å²) in [6.45, 7) is 0.524. The molecule has 1 aromatic heterocycles. The molecule has 0 aliphatic heterocycles. The number of nitrogens with zero attached hydrogens (tertiary/aromatic N) is 2. The third-order valence-electron chi connectivity index (χ3n) is 3.82. The number of rotatable bonds is 5. The van der Waals surface area contributed by atoms with Gasteiger partial charge in [-0.3, -0.25) is 0 Å². The predicted octanol–water partition coefficient (Wildman–Crippen LogP) is 3.20. The zero-order valence-electron chi connectivity index (χ0n) is 13.7. The Morgan fingerprint density at radius 2 is 1.81 bits per heavy atom. The first-order valence-corrected chi connectivity index (χ1v) is 7.60. The Bertz CT molecular complexity index is 775. The highest BCUT2D eigenvalue weighted by molar-refractivity contribution is 5.86. The van der Waals surface area contributed by atoms with E-state index >= 15 is 0 Å². The standard InChI is InChI=1S/C16H17F6N3O/c1-25(6-5-23)8-12(26)10-7-13(16(20,21)22)24-14-9(10)3-2-4-11(14)15(17,18)19/h2-4,7,12,26H,5-6,8,23H2,1H3. The van der Waals surface area contributed by atoms with Gasteiger partial charge in [-0.05, 0) is 24.7 Å². The van der Waals surface area contributed by atoms with Gasteiger partial charge in [-0.25, -0.2) is 4.98 Å². The summed E-state index contributed by atoms with van der Waals surface area (Å²) in [5, 5.41) is 10.2. The topological polar surface area (TPSA) is 62.4 Å². The molecule has 0 bridgehead atoms. The second-order valence-corrected chi connectivity index (χ2v) is 5.86. The van der Waals surface area contributed by atoms with Crippen LogP contribution in [0.2, 0.25) is 0 Å². The number of benzene rings is 1. The van der Waals surface area contributed by atoms with Gasteiger partial charge in [0.15, 0.2) is 0 Å². The van der Waals surface area contributed by atoms with Crippen molar-refractivity contribution in [3.8, 4) is 0 Å². The van der Waals surface area contributed by atoms with Crippen molar-refractivity contribution in [3.63, 3.8) is 0 Å². The van der Waals surface area contributed by atoms with Crippen molar-refractivity contribution in [1.29, 1.82) is 0 Å². The molecule has 0 aliphatic rings. The Morgan fingerprint density at radius 3 is 2.35 bits per heavy atom. The van der Waals surface area contributed by atoms with Crippen LogP contribution in [-0.2, 0) is 12.4 Å². The molecule has 0 amide bonds. The quantitative estimate of drug-likeness (QED) is 0.781. The van der Waals surface area contributed by atoms with Crippen molar-refractivity contribution < 1.29 is 31.4 Å². The van der Waals surface area contributed by atoms with Crippen molar-refractivity contribution in [3.05, 3.63) is 41.1 Å². The summed E-state index contributed by atoms with van der Waals surface area (Å²) in [6.07, 6.45) is -11.3. The van der Waals surface area contributed by atoms with Crippen molar-refractivity contribution in [2.75, 3.05) is 26.7 Å². The van der Waals surface area contributed by atoms with E-state index < -0.39 is 35.2 Å². The largest absolute Gasteiger partial charge is 0.433 e. The second-order valence-electron chi connectivity index (χ2n) is 5.86. The number of pyridine rings is 1. The van der Waals surface area contributed by atoms with Gasteiger partial charge in [0, 0.05) is 25.0 Å². The number of likely N-dealkylation sites (N-methyl/N-ethyl adjacent to an activating group) is 1. The number of aromatic nitrogens is 1. The predicted molar refractivity (Wildman–Crippen MR) is 83.3 cm³/mol. The van der Waals surface area contributed by atoms with Crippen molar-refractivity contribution in [2.24, 2.45) is 5.73 Å². The van der Waals surface area contributed by atoms with Gasteiger partial charge in [-0.2, -0.15) is 26.3 Å². The molecule has 1 unspecified atom stereocenters. The fourth-order valence-corrected chi connectivity index (χ4v) is 2.63.